The van der Waals surface area contributed by atoms with Crippen LogP contribution in [0.15, 0.2) is 59.0 Å². The smallest absolute Gasteiger partial charge is 0.255 e. The first-order chi connectivity index (χ1) is 13.4. The van der Waals surface area contributed by atoms with Gasteiger partial charge in [-0.3, -0.25) is 4.79 Å². The molecule has 0 saturated heterocycles. The van der Waals surface area contributed by atoms with E-state index >= 15 is 0 Å². The van der Waals surface area contributed by atoms with Gasteiger partial charge in [0.05, 0.1) is 10.6 Å². The van der Waals surface area contributed by atoms with Crippen molar-refractivity contribution in [1.82, 2.24) is 4.98 Å². The van der Waals surface area contributed by atoms with E-state index in [0.717, 1.165) is 22.2 Å². The number of hydrogen-bond donors (Lipinski definition) is 1. The number of aromatic nitrogens is 1. The summed E-state index contributed by atoms with van der Waals surface area (Å²) < 4.78 is 5.86. The number of anilines is 1. The van der Waals surface area contributed by atoms with Gasteiger partial charge in [-0.2, -0.15) is 0 Å². The molecule has 0 aliphatic rings. The zero-order valence-electron chi connectivity index (χ0n) is 15.8. The van der Waals surface area contributed by atoms with E-state index in [1.54, 1.807) is 18.2 Å². The predicted molar refractivity (Wildman–Crippen MR) is 113 cm³/mol. The van der Waals surface area contributed by atoms with Crippen molar-refractivity contribution >= 4 is 34.3 Å². The Morgan fingerprint density at radius 1 is 0.964 bits per heavy atom. The number of nitrogens with one attached hydrogen (secondary N) is 1. The van der Waals surface area contributed by atoms with Gasteiger partial charge in [0.1, 0.15) is 5.52 Å². The third kappa shape index (κ3) is 3.51. The summed E-state index contributed by atoms with van der Waals surface area (Å²) in [6.45, 7) is 5.93. The van der Waals surface area contributed by atoms with Crippen molar-refractivity contribution in [2.45, 2.75) is 20.8 Å². The summed E-state index contributed by atoms with van der Waals surface area (Å²) in [7, 11) is 0. The van der Waals surface area contributed by atoms with Crippen LogP contribution in [0.2, 0.25) is 5.02 Å². The lowest BCUT2D eigenvalue weighted by molar-refractivity contribution is 0.102. The zero-order valence-corrected chi connectivity index (χ0v) is 16.6. The second-order valence-electron chi connectivity index (χ2n) is 6.96. The van der Waals surface area contributed by atoms with Crippen molar-refractivity contribution in [2.75, 3.05) is 5.32 Å². The second-order valence-corrected chi connectivity index (χ2v) is 7.36. The molecule has 1 amide bonds. The molecule has 1 N–H and O–H groups in total. The number of carbonyl (C=O) groups is 1. The Labute approximate surface area is 168 Å². The molecule has 4 aromatic rings. The molecule has 28 heavy (non-hydrogen) atoms. The monoisotopic (exact) mass is 390 g/mol. The first-order valence-electron chi connectivity index (χ1n) is 8.96. The highest BCUT2D eigenvalue weighted by molar-refractivity contribution is 6.33. The first kappa shape index (κ1) is 18.3. The average molecular weight is 391 g/mol. The van der Waals surface area contributed by atoms with Gasteiger partial charge in [-0.15, -0.1) is 0 Å². The minimum Gasteiger partial charge on any atom is -0.436 e. The third-order valence-electron chi connectivity index (χ3n) is 4.62. The molecule has 5 heteroatoms. The molecule has 4 nitrogen and oxygen atoms in total. The Bertz CT molecular complexity index is 1210. The summed E-state index contributed by atoms with van der Waals surface area (Å²) in [5.74, 6) is 0.257. The van der Waals surface area contributed by atoms with Crippen molar-refractivity contribution in [3.8, 4) is 11.5 Å². The Morgan fingerprint density at radius 2 is 1.71 bits per heavy atom. The molecule has 0 atom stereocenters. The number of carbonyl (C=O) groups excluding carboxylic acids is 1. The zero-order chi connectivity index (χ0) is 19.8. The van der Waals surface area contributed by atoms with Crippen LogP contribution in [0.5, 0.6) is 0 Å². The summed E-state index contributed by atoms with van der Waals surface area (Å²) in [6.07, 6.45) is 0. The highest BCUT2D eigenvalue weighted by Gasteiger charge is 2.15. The lowest BCUT2D eigenvalue weighted by Gasteiger charge is -2.10. The minimum absolute atomic E-state index is 0.168. The van der Waals surface area contributed by atoms with E-state index in [0.29, 0.717) is 33.3 Å². The maximum absolute atomic E-state index is 12.7. The minimum atomic E-state index is -0.168. The molecular weight excluding hydrogens is 372 g/mol. The van der Waals surface area contributed by atoms with Gasteiger partial charge < -0.3 is 9.73 Å². The number of halogens is 1. The largest absolute Gasteiger partial charge is 0.436 e. The Hall–Kier alpha value is -3.11. The quantitative estimate of drug-likeness (QED) is 0.445. The van der Waals surface area contributed by atoms with E-state index in [1.165, 1.54) is 0 Å². The highest BCUT2D eigenvalue weighted by Crippen LogP contribution is 2.32. The van der Waals surface area contributed by atoms with Crippen molar-refractivity contribution in [2.24, 2.45) is 0 Å². The number of oxazole rings is 1. The molecule has 0 fully saturated rings. The van der Waals surface area contributed by atoms with E-state index in [1.807, 2.05) is 57.2 Å². The van der Waals surface area contributed by atoms with E-state index in [-0.39, 0.29) is 5.91 Å². The number of hydrogen-bond acceptors (Lipinski definition) is 3. The molecule has 3 aromatic carbocycles. The van der Waals surface area contributed by atoms with Crippen LogP contribution in [0.4, 0.5) is 5.69 Å². The number of nitrogens with zero attached hydrogens (tertiary/aromatic N) is 1. The van der Waals surface area contributed by atoms with Crippen LogP contribution in [0.1, 0.15) is 27.0 Å². The van der Waals surface area contributed by atoms with Crippen molar-refractivity contribution in [3.05, 3.63) is 81.9 Å². The molecule has 1 aromatic heterocycles. The number of amides is 1. The number of rotatable bonds is 3. The number of fused-ring (bicyclic) bond motifs is 1. The fourth-order valence-corrected chi connectivity index (χ4v) is 3.38. The van der Waals surface area contributed by atoms with Crippen molar-refractivity contribution < 1.29 is 9.21 Å². The van der Waals surface area contributed by atoms with Crippen LogP contribution in [0, 0.1) is 20.8 Å². The normalized spacial score (nSPS) is 11.0. The predicted octanol–water partition coefficient (Wildman–Crippen LogP) is 6.33. The Balaban J connectivity index is 1.67. The van der Waals surface area contributed by atoms with Crippen LogP contribution in [0.3, 0.4) is 0 Å². The summed E-state index contributed by atoms with van der Waals surface area (Å²) >= 11 is 6.37. The molecule has 140 valence electrons. The molecule has 0 bridgehead atoms. The van der Waals surface area contributed by atoms with Crippen LogP contribution < -0.4 is 5.32 Å². The molecule has 0 aliphatic carbocycles. The van der Waals surface area contributed by atoms with Crippen molar-refractivity contribution in [3.63, 3.8) is 0 Å². The van der Waals surface area contributed by atoms with Gasteiger partial charge in [-0.05, 0) is 68.3 Å². The lowest BCUT2D eigenvalue weighted by atomic mass is 10.1. The maximum Gasteiger partial charge on any atom is 0.255 e. The standard InChI is InChI=1S/C23H19ClN2O2/c1-13-4-7-17(15(3)10-13)22(27)25-16-6-8-19(24)18(12-16)23-26-20-11-14(2)5-9-21(20)28-23/h4-12H,1-3H3,(H,25,27). The van der Waals surface area contributed by atoms with Gasteiger partial charge in [0.15, 0.2) is 5.58 Å². The molecule has 0 saturated carbocycles. The second kappa shape index (κ2) is 7.13. The molecule has 0 spiro atoms. The summed E-state index contributed by atoms with van der Waals surface area (Å²) in [4.78, 5) is 17.2. The lowest BCUT2D eigenvalue weighted by Crippen LogP contribution is -2.13. The molecule has 0 aliphatic heterocycles. The number of benzene rings is 3. The highest BCUT2D eigenvalue weighted by atomic mass is 35.5. The maximum atomic E-state index is 12.7. The molecule has 0 radical (unpaired) electrons. The van der Waals surface area contributed by atoms with E-state index in [9.17, 15) is 4.79 Å². The van der Waals surface area contributed by atoms with Gasteiger partial charge in [0, 0.05) is 11.3 Å². The van der Waals surface area contributed by atoms with Crippen LogP contribution >= 0.6 is 11.6 Å². The van der Waals surface area contributed by atoms with E-state index < -0.39 is 0 Å². The third-order valence-corrected chi connectivity index (χ3v) is 4.95. The van der Waals surface area contributed by atoms with Crippen LogP contribution in [-0.2, 0) is 0 Å². The van der Waals surface area contributed by atoms with Crippen LogP contribution in [-0.4, -0.2) is 10.9 Å². The molecule has 1 heterocycles. The van der Waals surface area contributed by atoms with Crippen molar-refractivity contribution in [1.29, 1.82) is 0 Å². The van der Waals surface area contributed by atoms with Gasteiger partial charge in [0.2, 0.25) is 5.89 Å². The fraction of sp³-hybridized carbons (Fsp3) is 0.130. The van der Waals surface area contributed by atoms with Gasteiger partial charge in [0.25, 0.3) is 5.91 Å². The number of aryl methyl sites for hydroxylation is 3. The van der Waals surface area contributed by atoms with E-state index in [4.69, 9.17) is 16.0 Å². The molecule has 0 unspecified atom stereocenters. The first-order valence-corrected chi connectivity index (χ1v) is 9.34. The SMILES string of the molecule is Cc1ccc(C(=O)Nc2ccc(Cl)c(-c3nc4cc(C)ccc4o3)c2)c(C)c1. The van der Waals surface area contributed by atoms with Gasteiger partial charge in [-0.1, -0.05) is 35.4 Å². The van der Waals surface area contributed by atoms with Gasteiger partial charge in [-0.25, -0.2) is 4.98 Å². The van der Waals surface area contributed by atoms with Gasteiger partial charge >= 0.3 is 0 Å². The summed E-state index contributed by atoms with van der Waals surface area (Å²) in [5.41, 5.74) is 6.52. The summed E-state index contributed by atoms with van der Waals surface area (Å²) in [6, 6.07) is 16.8. The fourth-order valence-electron chi connectivity index (χ4n) is 3.19. The Kier molecular flexibility index (Phi) is 4.65. The average Bonchev–Trinajstić information content (AvgIpc) is 3.06. The molecular formula is C23H19ClN2O2. The van der Waals surface area contributed by atoms with E-state index in [2.05, 4.69) is 10.3 Å². The Morgan fingerprint density at radius 3 is 2.50 bits per heavy atom. The molecule has 4 rings (SSSR count). The van der Waals surface area contributed by atoms with Crippen LogP contribution in [0.25, 0.3) is 22.6 Å². The summed E-state index contributed by atoms with van der Waals surface area (Å²) in [5, 5.41) is 3.44. The topological polar surface area (TPSA) is 55.1 Å².